The van der Waals surface area contributed by atoms with Crippen molar-refractivity contribution in [2.24, 2.45) is 0 Å². The minimum absolute atomic E-state index is 0. The fraction of sp³-hybridized carbons (Fsp3) is 0.417. The Balaban J connectivity index is 0. The summed E-state index contributed by atoms with van der Waals surface area (Å²) < 4.78 is 0. The van der Waals surface area contributed by atoms with E-state index >= 15 is 0 Å². The Morgan fingerprint density at radius 2 is 2.21 bits per heavy atom. The number of anilines is 1. The molecule has 1 rings (SSSR count). The standard InChI is InChI=1S/C10H14N2.C2H6.H2/c1-4-9-8(3)6-7-12-10(9)11-5-2;1-2;/h4,6-7H,1,5H2,2-3H3,(H,11,12);1-2H3;1H. The highest BCUT2D eigenvalue weighted by atomic mass is 15.0. The minimum atomic E-state index is 0. The molecular formula is C12H22N2. The molecule has 0 aliphatic heterocycles. The number of hydrogen-bond acceptors (Lipinski definition) is 2. The molecule has 2 nitrogen and oxygen atoms in total. The van der Waals surface area contributed by atoms with E-state index in [-0.39, 0.29) is 1.43 Å². The summed E-state index contributed by atoms with van der Waals surface area (Å²) in [7, 11) is 0. The van der Waals surface area contributed by atoms with E-state index < -0.39 is 0 Å². The number of hydrogen-bond donors (Lipinski definition) is 1. The molecule has 0 aliphatic rings. The van der Waals surface area contributed by atoms with Gasteiger partial charge in [-0.1, -0.05) is 26.5 Å². The largest absolute Gasteiger partial charge is 0.370 e. The third kappa shape index (κ3) is 3.21. The van der Waals surface area contributed by atoms with Crippen molar-refractivity contribution in [3.05, 3.63) is 30.0 Å². The van der Waals surface area contributed by atoms with Crippen molar-refractivity contribution in [2.75, 3.05) is 11.9 Å². The monoisotopic (exact) mass is 194 g/mol. The summed E-state index contributed by atoms with van der Waals surface area (Å²) in [6, 6.07) is 1.98. The maximum absolute atomic E-state index is 4.22. The molecule has 80 valence electrons. The summed E-state index contributed by atoms with van der Waals surface area (Å²) in [5.74, 6) is 0.924. The molecule has 0 saturated carbocycles. The van der Waals surface area contributed by atoms with Crippen LogP contribution in [0.3, 0.4) is 0 Å². The van der Waals surface area contributed by atoms with E-state index in [4.69, 9.17) is 0 Å². The van der Waals surface area contributed by atoms with Crippen LogP contribution >= 0.6 is 0 Å². The average molecular weight is 194 g/mol. The molecule has 0 aromatic carbocycles. The quantitative estimate of drug-likeness (QED) is 0.793. The highest BCUT2D eigenvalue weighted by Gasteiger charge is 2.00. The predicted octanol–water partition coefficient (Wildman–Crippen LogP) is 3.74. The molecule has 1 heterocycles. The van der Waals surface area contributed by atoms with Crippen LogP contribution in [0.15, 0.2) is 18.8 Å². The fourth-order valence-electron chi connectivity index (χ4n) is 1.14. The van der Waals surface area contributed by atoms with Gasteiger partial charge in [0.05, 0.1) is 0 Å². The van der Waals surface area contributed by atoms with Gasteiger partial charge in [0.1, 0.15) is 5.82 Å². The second-order valence-electron chi connectivity index (χ2n) is 2.62. The summed E-state index contributed by atoms with van der Waals surface area (Å²) >= 11 is 0. The van der Waals surface area contributed by atoms with E-state index in [0.717, 1.165) is 17.9 Å². The summed E-state index contributed by atoms with van der Waals surface area (Å²) in [6.07, 6.45) is 3.64. The predicted molar refractivity (Wildman–Crippen MR) is 66.7 cm³/mol. The van der Waals surface area contributed by atoms with Crippen molar-refractivity contribution < 1.29 is 1.43 Å². The normalized spacial score (nSPS) is 8.57. The third-order valence-corrected chi connectivity index (χ3v) is 1.76. The van der Waals surface area contributed by atoms with Crippen LogP contribution in [0.2, 0.25) is 0 Å². The maximum atomic E-state index is 4.22. The van der Waals surface area contributed by atoms with Gasteiger partial charge in [-0.25, -0.2) is 4.98 Å². The van der Waals surface area contributed by atoms with Gasteiger partial charge < -0.3 is 5.32 Å². The van der Waals surface area contributed by atoms with Crippen molar-refractivity contribution >= 4 is 11.9 Å². The topological polar surface area (TPSA) is 24.9 Å². The summed E-state index contributed by atoms with van der Waals surface area (Å²) in [6.45, 7) is 12.7. The Morgan fingerprint density at radius 1 is 1.57 bits per heavy atom. The van der Waals surface area contributed by atoms with Crippen LogP contribution in [-0.4, -0.2) is 11.5 Å². The third-order valence-electron chi connectivity index (χ3n) is 1.76. The number of aryl methyl sites for hydroxylation is 1. The van der Waals surface area contributed by atoms with E-state index in [1.807, 2.05) is 26.0 Å². The zero-order valence-corrected chi connectivity index (χ0v) is 9.59. The van der Waals surface area contributed by atoms with Gasteiger partial charge in [-0.05, 0) is 25.5 Å². The first-order valence-electron chi connectivity index (χ1n) is 5.11. The van der Waals surface area contributed by atoms with E-state index in [1.54, 1.807) is 6.20 Å². The lowest BCUT2D eigenvalue weighted by Crippen LogP contribution is -2.02. The first-order chi connectivity index (χ1) is 6.79. The van der Waals surface area contributed by atoms with Crippen molar-refractivity contribution in [2.45, 2.75) is 27.7 Å². The minimum Gasteiger partial charge on any atom is -0.370 e. The van der Waals surface area contributed by atoms with Gasteiger partial charge in [-0.3, -0.25) is 0 Å². The lowest BCUT2D eigenvalue weighted by Gasteiger charge is -2.07. The molecule has 1 aromatic heterocycles. The van der Waals surface area contributed by atoms with Crippen molar-refractivity contribution in [3.63, 3.8) is 0 Å². The lowest BCUT2D eigenvalue weighted by atomic mass is 10.1. The number of aromatic nitrogens is 1. The Kier molecular flexibility index (Phi) is 6.46. The molecule has 1 aromatic rings. The summed E-state index contributed by atoms with van der Waals surface area (Å²) in [5, 5.41) is 3.19. The molecule has 0 radical (unpaired) electrons. The van der Waals surface area contributed by atoms with Crippen LogP contribution in [0, 0.1) is 6.92 Å². The molecule has 0 atom stereocenters. The van der Waals surface area contributed by atoms with E-state index in [2.05, 4.69) is 30.7 Å². The molecule has 0 unspecified atom stereocenters. The molecule has 0 spiro atoms. The molecule has 0 amide bonds. The highest BCUT2D eigenvalue weighted by Crippen LogP contribution is 2.16. The average Bonchev–Trinajstić information content (AvgIpc) is 2.22. The Hall–Kier alpha value is -1.31. The van der Waals surface area contributed by atoms with E-state index in [1.165, 1.54) is 5.56 Å². The Labute approximate surface area is 88.6 Å². The van der Waals surface area contributed by atoms with Crippen LogP contribution in [0.25, 0.3) is 6.08 Å². The van der Waals surface area contributed by atoms with Gasteiger partial charge in [0.2, 0.25) is 0 Å². The van der Waals surface area contributed by atoms with Crippen LogP contribution in [0.4, 0.5) is 5.82 Å². The van der Waals surface area contributed by atoms with Crippen LogP contribution in [-0.2, 0) is 0 Å². The molecular weight excluding hydrogens is 172 g/mol. The van der Waals surface area contributed by atoms with Gasteiger partial charge in [0.15, 0.2) is 0 Å². The van der Waals surface area contributed by atoms with Gasteiger partial charge >= 0.3 is 0 Å². The highest BCUT2D eigenvalue weighted by molar-refractivity contribution is 5.64. The maximum Gasteiger partial charge on any atom is 0.133 e. The molecule has 0 fully saturated rings. The van der Waals surface area contributed by atoms with Gasteiger partial charge in [0.25, 0.3) is 0 Å². The van der Waals surface area contributed by atoms with Gasteiger partial charge in [-0.2, -0.15) is 0 Å². The van der Waals surface area contributed by atoms with Gasteiger partial charge in [-0.15, -0.1) is 0 Å². The van der Waals surface area contributed by atoms with Crippen LogP contribution in [0.5, 0.6) is 0 Å². The summed E-state index contributed by atoms with van der Waals surface area (Å²) in [4.78, 5) is 4.22. The van der Waals surface area contributed by atoms with Crippen molar-refractivity contribution in [3.8, 4) is 0 Å². The molecule has 14 heavy (non-hydrogen) atoms. The number of pyridine rings is 1. The van der Waals surface area contributed by atoms with Crippen molar-refractivity contribution in [1.29, 1.82) is 0 Å². The smallest absolute Gasteiger partial charge is 0.133 e. The zero-order chi connectivity index (χ0) is 11.0. The first kappa shape index (κ1) is 12.7. The molecule has 0 bridgehead atoms. The number of nitrogens with one attached hydrogen (secondary N) is 1. The zero-order valence-electron chi connectivity index (χ0n) is 9.59. The van der Waals surface area contributed by atoms with Crippen molar-refractivity contribution in [1.82, 2.24) is 4.98 Å². The van der Waals surface area contributed by atoms with Crippen LogP contribution < -0.4 is 5.32 Å². The molecule has 0 aliphatic carbocycles. The summed E-state index contributed by atoms with van der Waals surface area (Å²) in [5.41, 5.74) is 2.30. The van der Waals surface area contributed by atoms with Gasteiger partial charge in [0, 0.05) is 19.7 Å². The number of nitrogens with zero attached hydrogens (tertiary/aromatic N) is 1. The molecule has 0 saturated heterocycles. The lowest BCUT2D eigenvalue weighted by molar-refractivity contribution is 1.14. The second kappa shape index (κ2) is 7.13. The molecule has 1 N–H and O–H groups in total. The van der Waals surface area contributed by atoms with E-state index in [9.17, 15) is 0 Å². The first-order valence-corrected chi connectivity index (χ1v) is 5.11. The SMILES string of the molecule is C=Cc1c(C)ccnc1NCC.CC.[HH]. The molecule has 2 heteroatoms. The second-order valence-corrected chi connectivity index (χ2v) is 2.62. The Bertz CT molecular complexity index is 285. The Morgan fingerprint density at radius 3 is 2.71 bits per heavy atom. The number of rotatable bonds is 3. The van der Waals surface area contributed by atoms with Crippen LogP contribution in [0.1, 0.15) is 33.3 Å². The van der Waals surface area contributed by atoms with E-state index in [0.29, 0.717) is 0 Å². The fourth-order valence-corrected chi connectivity index (χ4v) is 1.14.